The molecule has 2 aliphatic heterocycles. The summed E-state index contributed by atoms with van der Waals surface area (Å²) in [6.45, 7) is 5.64. The fourth-order valence-corrected chi connectivity index (χ4v) is 4.46. The maximum absolute atomic E-state index is 12.6. The average molecular weight is 294 g/mol. The summed E-state index contributed by atoms with van der Waals surface area (Å²) in [6.07, 6.45) is 8.67. The Balaban J connectivity index is 1.53. The lowest BCUT2D eigenvalue weighted by molar-refractivity contribution is -0.146. The molecule has 21 heavy (non-hydrogen) atoms. The highest BCUT2D eigenvalue weighted by molar-refractivity contribution is 5.78. The lowest BCUT2D eigenvalue weighted by Gasteiger charge is -2.47. The van der Waals surface area contributed by atoms with Crippen LogP contribution < -0.4 is 5.32 Å². The highest BCUT2D eigenvalue weighted by Crippen LogP contribution is 2.38. The quantitative estimate of drug-likeness (QED) is 0.867. The van der Waals surface area contributed by atoms with Crippen LogP contribution in [0.4, 0.5) is 0 Å². The maximum atomic E-state index is 12.6. The van der Waals surface area contributed by atoms with Crippen LogP contribution in [0.3, 0.4) is 0 Å². The number of ether oxygens (including phenoxy) is 1. The normalized spacial score (nSPS) is 34.5. The molecule has 1 saturated carbocycles. The van der Waals surface area contributed by atoms with Crippen molar-refractivity contribution in [3.8, 4) is 0 Å². The van der Waals surface area contributed by atoms with E-state index in [0.717, 1.165) is 44.3 Å². The molecule has 3 rings (SSSR count). The van der Waals surface area contributed by atoms with Gasteiger partial charge in [-0.25, -0.2) is 0 Å². The second kappa shape index (κ2) is 7.10. The number of piperidine rings is 2. The monoisotopic (exact) mass is 294 g/mol. The van der Waals surface area contributed by atoms with Gasteiger partial charge in [-0.15, -0.1) is 0 Å². The SMILES string of the molecule is CC1CCN(C(=O)COC2CCNCC2)C2CCCCC12. The highest BCUT2D eigenvalue weighted by Gasteiger charge is 2.39. The summed E-state index contributed by atoms with van der Waals surface area (Å²) in [7, 11) is 0. The fourth-order valence-electron chi connectivity index (χ4n) is 4.46. The lowest BCUT2D eigenvalue weighted by atomic mass is 9.72. The van der Waals surface area contributed by atoms with Crippen molar-refractivity contribution in [3.05, 3.63) is 0 Å². The van der Waals surface area contributed by atoms with E-state index in [1.165, 1.54) is 32.1 Å². The second-order valence-corrected chi connectivity index (χ2v) is 7.13. The van der Waals surface area contributed by atoms with Crippen LogP contribution in [0.15, 0.2) is 0 Å². The predicted octanol–water partition coefficient (Wildman–Crippen LogP) is 2.18. The first kappa shape index (κ1) is 15.3. The third kappa shape index (κ3) is 3.59. The number of rotatable bonds is 3. The number of hydrogen-bond donors (Lipinski definition) is 1. The van der Waals surface area contributed by atoms with Gasteiger partial charge in [0, 0.05) is 12.6 Å². The lowest BCUT2D eigenvalue weighted by Crippen LogP contribution is -2.53. The Bertz CT molecular complexity index is 355. The number of amides is 1. The van der Waals surface area contributed by atoms with Crippen molar-refractivity contribution in [1.82, 2.24) is 10.2 Å². The van der Waals surface area contributed by atoms with Crippen LogP contribution in [0.1, 0.15) is 51.9 Å². The third-order valence-corrected chi connectivity index (χ3v) is 5.79. The molecule has 0 radical (unpaired) electrons. The zero-order chi connectivity index (χ0) is 14.7. The predicted molar refractivity (Wildman–Crippen MR) is 83.1 cm³/mol. The molecular weight excluding hydrogens is 264 g/mol. The first-order valence-corrected chi connectivity index (χ1v) is 8.87. The zero-order valence-electron chi connectivity index (χ0n) is 13.4. The van der Waals surface area contributed by atoms with Gasteiger partial charge < -0.3 is 15.0 Å². The minimum atomic E-state index is 0.234. The standard InChI is InChI=1S/C17H30N2O2/c1-13-8-11-19(16-5-3-2-4-15(13)16)17(20)12-21-14-6-9-18-10-7-14/h13-16,18H,2-12H2,1H3. The van der Waals surface area contributed by atoms with E-state index in [0.29, 0.717) is 12.6 Å². The zero-order valence-corrected chi connectivity index (χ0v) is 13.4. The van der Waals surface area contributed by atoms with Gasteiger partial charge in [-0.1, -0.05) is 19.8 Å². The Labute approximate surface area is 128 Å². The summed E-state index contributed by atoms with van der Waals surface area (Å²) in [5, 5.41) is 3.33. The van der Waals surface area contributed by atoms with Crippen molar-refractivity contribution in [2.75, 3.05) is 26.2 Å². The molecule has 3 unspecified atom stereocenters. The topological polar surface area (TPSA) is 41.6 Å². The Morgan fingerprint density at radius 2 is 1.90 bits per heavy atom. The molecule has 0 aromatic rings. The number of likely N-dealkylation sites (tertiary alicyclic amines) is 1. The third-order valence-electron chi connectivity index (χ3n) is 5.79. The molecule has 120 valence electrons. The number of carbonyl (C=O) groups excluding carboxylic acids is 1. The molecule has 0 aromatic carbocycles. The Kier molecular flexibility index (Phi) is 5.17. The molecular formula is C17H30N2O2. The van der Waals surface area contributed by atoms with E-state index in [1.54, 1.807) is 0 Å². The van der Waals surface area contributed by atoms with Gasteiger partial charge in [-0.3, -0.25) is 4.79 Å². The molecule has 3 fully saturated rings. The fraction of sp³-hybridized carbons (Fsp3) is 0.941. The van der Waals surface area contributed by atoms with E-state index in [1.807, 2.05) is 0 Å². The van der Waals surface area contributed by atoms with Gasteiger partial charge in [-0.2, -0.15) is 0 Å². The number of nitrogens with one attached hydrogen (secondary N) is 1. The van der Waals surface area contributed by atoms with Gasteiger partial charge in [0.25, 0.3) is 0 Å². The van der Waals surface area contributed by atoms with E-state index in [2.05, 4.69) is 17.1 Å². The molecule has 4 heteroatoms. The van der Waals surface area contributed by atoms with Gasteiger partial charge in [0.15, 0.2) is 0 Å². The minimum absolute atomic E-state index is 0.234. The minimum Gasteiger partial charge on any atom is -0.368 e. The summed E-state index contributed by atoms with van der Waals surface area (Å²) in [4.78, 5) is 14.7. The van der Waals surface area contributed by atoms with Gasteiger partial charge in [0.2, 0.25) is 5.91 Å². The van der Waals surface area contributed by atoms with E-state index < -0.39 is 0 Å². The van der Waals surface area contributed by atoms with Gasteiger partial charge >= 0.3 is 0 Å². The number of carbonyl (C=O) groups is 1. The molecule has 1 N–H and O–H groups in total. The number of fused-ring (bicyclic) bond motifs is 1. The van der Waals surface area contributed by atoms with Crippen LogP contribution in [0.25, 0.3) is 0 Å². The molecule has 3 aliphatic rings. The first-order valence-electron chi connectivity index (χ1n) is 8.87. The van der Waals surface area contributed by atoms with Crippen LogP contribution in [0, 0.1) is 11.8 Å². The van der Waals surface area contributed by atoms with E-state index in [-0.39, 0.29) is 12.0 Å². The van der Waals surface area contributed by atoms with Crippen molar-refractivity contribution >= 4 is 5.91 Å². The Hall–Kier alpha value is -0.610. The van der Waals surface area contributed by atoms with Crippen LogP contribution in [0.5, 0.6) is 0 Å². The van der Waals surface area contributed by atoms with Crippen LogP contribution in [0.2, 0.25) is 0 Å². The van der Waals surface area contributed by atoms with Crippen molar-refractivity contribution in [3.63, 3.8) is 0 Å². The largest absolute Gasteiger partial charge is 0.368 e. The maximum Gasteiger partial charge on any atom is 0.248 e. The molecule has 3 atom stereocenters. The molecule has 0 spiro atoms. The molecule has 0 bridgehead atoms. The van der Waals surface area contributed by atoms with Crippen molar-refractivity contribution in [1.29, 1.82) is 0 Å². The highest BCUT2D eigenvalue weighted by atomic mass is 16.5. The summed E-state index contributed by atoms with van der Waals surface area (Å²) < 4.78 is 5.87. The van der Waals surface area contributed by atoms with E-state index in [9.17, 15) is 4.79 Å². The van der Waals surface area contributed by atoms with Crippen LogP contribution in [-0.2, 0) is 9.53 Å². The van der Waals surface area contributed by atoms with Crippen LogP contribution >= 0.6 is 0 Å². The average Bonchev–Trinajstić information content (AvgIpc) is 2.54. The molecule has 4 nitrogen and oxygen atoms in total. The number of nitrogens with zero attached hydrogens (tertiary/aromatic N) is 1. The van der Waals surface area contributed by atoms with Crippen molar-refractivity contribution in [2.45, 2.75) is 64.0 Å². The molecule has 1 aliphatic carbocycles. The molecule has 0 aromatic heterocycles. The summed E-state index contributed by atoms with van der Waals surface area (Å²) in [6, 6.07) is 0.492. The first-order chi connectivity index (χ1) is 10.3. The smallest absolute Gasteiger partial charge is 0.248 e. The van der Waals surface area contributed by atoms with Crippen molar-refractivity contribution in [2.24, 2.45) is 11.8 Å². The molecule has 2 saturated heterocycles. The van der Waals surface area contributed by atoms with Crippen molar-refractivity contribution < 1.29 is 9.53 Å². The Morgan fingerprint density at radius 1 is 1.14 bits per heavy atom. The summed E-state index contributed by atoms with van der Waals surface area (Å²) in [5.74, 6) is 1.75. The number of hydrogen-bond acceptors (Lipinski definition) is 3. The molecule has 1 amide bonds. The Morgan fingerprint density at radius 3 is 2.71 bits per heavy atom. The van der Waals surface area contributed by atoms with Gasteiger partial charge in [0.1, 0.15) is 6.61 Å². The summed E-state index contributed by atoms with van der Waals surface area (Å²) in [5.41, 5.74) is 0. The van der Waals surface area contributed by atoms with Gasteiger partial charge in [-0.05, 0) is 57.0 Å². The molecule has 2 heterocycles. The summed E-state index contributed by atoms with van der Waals surface area (Å²) >= 11 is 0. The van der Waals surface area contributed by atoms with E-state index >= 15 is 0 Å². The van der Waals surface area contributed by atoms with Crippen LogP contribution in [-0.4, -0.2) is 49.2 Å². The van der Waals surface area contributed by atoms with E-state index in [4.69, 9.17) is 4.74 Å². The van der Waals surface area contributed by atoms with Gasteiger partial charge in [0.05, 0.1) is 6.10 Å². The second-order valence-electron chi connectivity index (χ2n) is 7.13.